The summed E-state index contributed by atoms with van der Waals surface area (Å²) in [6.45, 7) is 8.62. The second-order valence-corrected chi connectivity index (χ2v) is 8.28. The van der Waals surface area contributed by atoms with E-state index in [1.807, 2.05) is 31.7 Å². The Hall–Kier alpha value is -3.19. The molecule has 5 N–H and O–H groups in total. The number of hydrogen-bond acceptors (Lipinski definition) is 5. The number of aromatic nitrogens is 3. The zero-order valence-electron chi connectivity index (χ0n) is 18.2. The van der Waals surface area contributed by atoms with E-state index in [0.29, 0.717) is 11.5 Å². The molecule has 1 aliphatic heterocycles. The lowest BCUT2D eigenvalue weighted by Crippen LogP contribution is -2.45. The first-order valence-electron chi connectivity index (χ1n) is 10.3. The van der Waals surface area contributed by atoms with Crippen molar-refractivity contribution in [2.75, 3.05) is 43.9 Å². The van der Waals surface area contributed by atoms with Crippen LogP contribution in [0.5, 0.6) is 0 Å². The van der Waals surface area contributed by atoms with Crippen molar-refractivity contribution >= 4 is 23.3 Å². The molecule has 1 saturated heterocycles. The molecule has 7 heteroatoms. The Morgan fingerprint density at radius 3 is 2.37 bits per heavy atom. The van der Waals surface area contributed by atoms with E-state index in [9.17, 15) is 0 Å². The quantitative estimate of drug-likeness (QED) is 0.621. The van der Waals surface area contributed by atoms with Crippen molar-refractivity contribution < 1.29 is 0 Å². The molecule has 0 spiro atoms. The van der Waals surface area contributed by atoms with Crippen LogP contribution in [0, 0.1) is 13.8 Å². The van der Waals surface area contributed by atoms with Crippen LogP contribution in [0.25, 0.3) is 22.9 Å². The van der Waals surface area contributed by atoms with E-state index in [2.05, 4.69) is 52.9 Å². The van der Waals surface area contributed by atoms with Crippen LogP contribution in [0.3, 0.4) is 0 Å². The fraction of sp³-hybridized carbons (Fsp3) is 0.348. The van der Waals surface area contributed by atoms with E-state index in [4.69, 9.17) is 11.5 Å². The van der Waals surface area contributed by atoms with E-state index in [1.165, 1.54) is 16.8 Å². The Labute approximate surface area is 178 Å². The lowest BCUT2D eigenvalue weighted by atomic mass is 9.99. The molecule has 0 aliphatic carbocycles. The summed E-state index contributed by atoms with van der Waals surface area (Å²) in [5.41, 5.74) is 21.2. The van der Waals surface area contributed by atoms with Gasteiger partial charge < -0.3 is 26.3 Å². The van der Waals surface area contributed by atoms with E-state index in [0.717, 1.165) is 48.4 Å². The molecule has 2 aromatic heterocycles. The fourth-order valence-electron chi connectivity index (χ4n) is 4.30. The minimum atomic E-state index is 0.597. The third-order valence-corrected chi connectivity index (χ3v) is 5.91. The van der Waals surface area contributed by atoms with Gasteiger partial charge in [0.15, 0.2) is 0 Å². The molecule has 0 unspecified atom stereocenters. The number of nitrogens with one attached hydrogen (secondary N) is 1. The standard InChI is InChI=1S/C23H31N7/c1-15-9-17(10-16(2)22(15)30-7-5-28(3)6-8-30)21(24)11-19-20(13-26-23(19)25)18-12-27-29(4)14-18/h9-14,26H,5-8,24-25H2,1-4H3/b21-11-. The molecule has 0 radical (unpaired) electrons. The number of aryl methyl sites for hydroxylation is 3. The first-order valence-corrected chi connectivity index (χ1v) is 10.3. The molecule has 1 aliphatic rings. The van der Waals surface area contributed by atoms with Crippen LogP contribution in [0.4, 0.5) is 11.5 Å². The maximum absolute atomic E-state index is 6.54. The SMILES string of the molecule is Cc1cc(/C(N)=C/c2c(-c3cnn(C)c3)c[nH]c2N)cc(C)c1N1CCN(C)CC1. The molecule has 158 valence electrons. The number of aromatic amines is 1. The molecule has 0 bridgehead atoms. The summed E-state index contributed by atoms with van der Waals surface area (Å²) in [6.07, 6.45) is 7.65. The van der Waals surface area contributed by atoms with Crippen LogP contribution in [-0.4, -0.2) is 52.9 Å². The van der Waals surface area contributed by atoms with Gasteiger partial charge in [-0.05, 0) is 55.8 Å². The second-order valence-electron chi connectivity index (χ2n) is 8.28. The van der Waals surface area contributed by atoms with Gasteiger partial charge in [-0.3, -0.25) is 4.68 Å². The number of nitrogen functional groups attached to an aromatic ring is 1. The van der Waals surface area contributed by atoms with Gasteiger partial charge in [-0.15, -0.1) is 0 Å². The summed E-state index contributed by atoms with van der Waals surface area (Å²) in [5.74, 6) is 0.597. The second kappa shape index (κ2) is 7.91. The topological polar surface area (TPSA) is 92.1 Å². The van der Waals surface area contributed by atoms with Crippen LogP contribution >= 0.6 is 0 Å². The molecule has 1 aromatic carbocycles. The largest absolute Gasteiger partial charge is 0.398 e. The Bertz CT molecular complexity index is 1060. The van der Waals surface area contributed by atoms with Gasteiger partial charge >= 0.3 is 0 Å². The summed E-state index contributed by atoms with van der Waals surface area (Å²) >= 11 is 0. The van der Waals surface area contributed by atoms with E-state index in [1.54, 1.807) is 4.68 Å². The molecule has 0 atom stereocenters. The minimum absolute atomic E-state index is 0.597. The van der Waals surface area contributed by atoms with Gasteiger partial charge in [0.25, 0.3) is 0 Å². The summed E-state index contributed by atoms with van der Waals surface area (Å²) < 4.78 is 1.78. The number of piperazine rings is 1. The van der Waals surface area contributed by atoms with Crippen molar-refractivity contribution in [2.24, 2.45) is 12.8 Å². The van der Waals surface area contributed by atoms with E-state index < -0.39 is 0 Å². The van der Waals surface area contributed by atoms with E-state index >= 15 is 0 Å². The summed E-state index contributed by atoms with van der Waals surface area (Å²) in [5, 5.41) is 4.27. The number of anilines is 2. The third-order valence-electron chi connectivity index (χ3n) is 5.91. The number of hydrogen-bond donors (Lipinski definition) is 3. The Morgan fingerprint density at radius 1 is 1.10 bits per heavy atom. The van der Waals surface area contributed by atoms with Crippen molar-refractivity contribution in [3.63, 3.8) is 0 Å². The molecule has 1 fully saturated rings. The molecule has 30 heavy (non-hydrogen) atoms. The summed E-state index contributed by atoms with van der Waals surface area (Å²) in [7, 11) is 4.08. The molecule has 4 rings (SSSR count). The lowest BCUT2D eigenvalue weighted by molar-refractivity contribution is 0.312. The Kier molecular flexibility index (Phi) is 5.30. The molecular formula is C23H31N7. The predicted molar refractivity (Wildman–Crippen MR) is 125 cm³/mol. The van der Waals surface area contributed by atoms with Crippen molar-refractivity contribution in [2.45, 2.75) is 13.8 Å². The molecule has 0 amide bonds. The minimum Gasteiger partial charge on any atom is -0.398 e. The molecule has 0 saturated carbocycles. The first kappa shape index (κ1) is 20.1. The number of likely N-dealkylation sites (N-methyl/N-ethyl adjacent to an activating group) is 1. The number of nitrogens with two attached hydrogens (primary N) is 2. The molecule has 7 nitrogen and oxygen atoms in total. The third kappa shape index (κ3) is 3.80. The van der Waals surface area contributed by atoms with Gasteiger partial charge in [0.05, 0.1) is 6.20 Å². The monoisotopic (exact) mass is 405 g/mol. The van der Waals surface area contributed by atoms with Gasteiger partial charge in [0.1, 0.15) is 5.82 Å². The molecule has 3 heterocycles. The van der Waals surface area contributed by atoms with Crippen molar-refractivity contribution in [3.05, 3.63) is 53.0 Å². The molecule has 3 aromatic rings. The van der Waals surface area contributed by atoms with Gasteiger partial charge in [-0.25, -0.2) is 0 Å². The lowest BCUT2D eigenvalue weighted by Gasteiger charge is -2.36. The number of H-pyrrole nitrogens is 1. The highest BCUT2D eigenvalue weighted by Gasteiger charge is 2.19. The maximum atomic E-state index is 6.54. The smallest absolute Gasteiger partial charge is 0.108 e. The highest BCUT2D eigenvalue weighted by molar-refractivity contribution is 5.90. The van der Waals surface area contributed by atoms with Crippen molar-refractivity contribution in [1.82, 2.24) is 19.7 Å². The maximum Gasteiger partial charge on any atom is 0.108 e. The van der Waals surface area contributed by atoms with Gasteiger partial charge in [0.2, 0.25) is 0 Å². The highest BCUT2D eigenvalue weighted by Crippen LogP contribution is 2.32. The number of nitrogens with zero attached hydrogens (tertiary/aromatic N) is 4. The predicted octanol–water partition coefficient (Wildman–Crippen LogP) is 2.82. The number of rotatable bonds is 4. The van der Waals surface area contributed by atoms with Gasteiger partial charge in [-0.2, -0.15) is 5.10 Å². The van der Waals surface area contributed by atoms with Gasteiger partial charge in [0, 0.05) is 73.7 Å². The van der Waals surface area contributed by atoms with Crippen LogP contribution in [-0.2, 0) is 7.05 Å². The zero-order chi connectivity index (χ0) is 21.4. The fourth-order valence-corrected chi connectivity index (χ4v) is 4.30. The highest BCUT2D eigenvalue weighted by atomic mass is 15.3. The first-order chi connectivity index (χ1) is 14.3. The summed E-state index contributed by atoms with van der Waals surface area (Å²) in [6, 6.07) is 4.36. The van der Waals surface area contributed by atoms with Crippen molar-refractivity contribution in [3.8, 4) is 11.1 Å². The Balaban J connectivity index is 1.67. The normalized spacial score (nSPS) is 15.7. The molecular weight excluding hydrogens is 374 g/mol. The average Bonchev–Trinajstić information content (AvgIpc) is 3.28. The average molecular weight is 406 g/mol. The van der Waals surface area contributed by atoms with Crippen molar-refractivity contribution in [1.29, 1.82) is 0 Å². The van der Waals surface area contributed by atoms with E-state index in [-0.39, 0.29) is 0 Å². The van der Waals surface area contributed by atoms with Gasteiger partial charge in [-0.1, -0.05) is 0 Å². The zero-order valence-corrected chi connectivity index (χ0v) is 18.2. The Morgan fingerprint density at radius 2 is 1.77 bits per heavy atom. The summed E-state index contributed by atoms with van der Waals surface area (Å²) in [4.78, 5) is 7.97. The number of benzene rings is 1. The van der Waals surface area contributed by atoms with Crippen LogP contribution in [0.1, 0.15) is 22.3 Å². The van der Waals surface area contributed by atoms with Crippen LogP contribution in [0.2, 0.25) is 0 Å². The van der Waals surface area contributed by atoms with Crippen LogP contribution in [0.15, 0.2) is 30.7 Å². The van der Waals surface area contributed by atoms with Crippen LogP contribution < -0.4 is 16.4 Å².